The highest BCUT2D eigenvalue weighted by atomic mass is 16.6. The fourth-order valence-electron chi connectivity index (χ4n) is 4.98. The number of hydrogen-bond acceptors (Lipinski definition) is 7. The van der Waals surface area contributed by atoms with E-state index in [2.05, 4.69) is 56.4 Å². The lowest BCUT2D eigenvalue weighted by atomic mass is 10.1. The third kappa shape index (κ3) is 29.4. The number of nitrogens with zero attached hydrogens (tertiary/aromatic N) is 1. The summed E-state index contributed by atoms with van der Waals surface area (Å²) in [6.07, 6.45) is 34.4. The lowest BCUT2D eigenvalue weighted by molar-refractivity contribution is -0.889. The molecule has 0 aromatic rings. The Morgan fingerprint density at radius 3 is 1.88 bits per heavy atom. The van der Waals surface area contributed by atoms with Gasteiger partial charge in [0, 0.05) is 19.3 Å². The molecule has 2 atom stereocenters. The SMILES string of the molecule is CCCC/C=C/C=C/CCCCCC(=O)OC(COCCC(C(=O)[O-])[N+](C)(C)C)COC(=O)CC/C=C/C/C=C/CCCCCCCC. The van der Waals surface area contributed by atoms with Crippen LogP contribution < -0.4 is 5.11 Å². The lowest BCUT2D eigenvalue weighted by Gasteiger charge is -2.34. The van der Waals surface area contributed by atoms with Gasteiger partial charge in [0.25, 0.3) is 0 Å². The van der Waals surface area contributed by atoms with Crippen molar-refractivity contribution in [3.63, 3.8) is 0 Å². The van der Waals surface area contributed by atoms with Crippen molar-refractivity contribution in [1.29, 1.82) is 0 Å². The van der Waals surface area contributed by atoms with Crippen molar-refractivity contribution in [3.05, 3.63) is 48.6 Å². The minimum atomic E-state index is -1.14. The Morgan fingerprint density at radius 1 is 0.646 bits per heavy atom. The van der Waals surface area contributed by atoms with Crippen LogP contribution in [0, 0.1) is 0 Å². The van der Waals surface area contributed by atoms with Crippen LogP contribution >= 0.6 is 0 Å². The van der Waals surface area contributed by atoms with E-state index in [9.17, 15) is 19.5 Å². The maximum absolute atomic E-state index is 12.6. The van der Waals surface area contributed by atoms with Gasteiger partial charge in [0.1, 0.15) is 12.6 Å². The van der Waals surface area contributed by atoms with E-state index < -0.39 is 18.1 Å². The van der Waals surface area contributed by atoms with E-state index in [0.29, 0.717) is 12.8 Å². The summed E-state index contributed by atoms with van der Waals surface area (Å²) in [6.45, 7) is 4.47. The first-order chi connectivity index (χ1) is 23.1. The van der Waals surface area contributed by atoms with Crippen LogP contribution in [0.3, 0.4) is 0 Å². The summed E-state index contributed by atoms with van der Waals surface area (Å²) in [7, 11) is 5.36. The number of quaternary nitrogens is 1. The molecule has 0 aliphatic rings. The molecule has 0 radical (unpaired) electrons. The minimum absolute atomic E-state index is 0.0114. The molecule has 0 N–H and O–H groups in total. The number of hydrogen-bond donors (Lipinski definition) is 0. The zero-order valence-electron chi connectivity index (χ0n) is 31.1. The van der Waals surface area contributed by atoms with Crippen molar-refractivity contribution in [2.45, 2.75) is 148 Å². The largest absolute Gasteiger partial charge is 0.544 e. The molecule has 0 rings (SSSR count). The quantitative estimate of drug-likeness (QED) is 0.0234. The molecule has 0 aromatic carbocycles. The zero-order chi connectivity index (χ0) is 35.7. The number of carboxylic acid groups (broad SMARTS) is 1. The Morgan fingerprint density at radius 2 is 1.23 bits per heavy atom. The van der Waals surface area contributed by atoms with Gasteiger partial charge in [0.2, 0.25) is 0 Å². The molecular weight excluding hydrogens is 606 g/mol. The first-order valence-electron chi connectivity index (χ1n) is 18.7. The van der Waals surface area contributed by atoms with Crippen molar-refractivity contribution in [2.75, 3.05) is 41.0 Å². The monoisotopic (exact) mass is 676 g/mol. The number of likely N-dealkylation sites (N-methyl/N-ethyl adjacent to an activating group) is 1. The third-order valence-electron chi connectivity index (χ3n) is 7.98. The van der Waals surface area contributed by atoms with Gasteiger partial charge in [-0.15, -0.1) is 0 Å². The normalized spacial score (nSPS) is 13.6. The van der Waals surface area contributed by atoms with Gasteiger partial charge >= 0.3 is 11.9 Å². The first kappa shape index (κ1) is 45.3. The number of carbonyl (C=O) groups excluding carboxylic acids is 3. The molecular formula is C40H69NO7. The summed E-state index contributed by atoms with van der Waals surface area (Å²) < 4.78 is 17.0. The Hall–Kier alpha value is -2.71. The number of carboxylic acids is 1. The van der Waals surface area contributed by atoms with E-state index in [0.717, 1.165) is 38.5 Å². The number of carbonyl (C=O) groups is 3. The van der Waals surface area contributed by atoms with Gasteiger partial charge in [-0.25, -0.2) is 0 Å². The van der Waals surface area contributed by atoms with Gasteiger partial charge in [-0.1, -0.05) is 114 Å². The maximum atomic E-state index is 12.6. The molecule has 0 aromatic heterocycles. The van der Waals surface area contributed by atoms with Crippen molar-refractivity contribution < 1.29 is 38.2 Å². The molecule has 0 spiro atoms. The van der Waals surface area contributed by atoms with Gasteiger partial charge < -0.3 is 28.6 Å². The number of esters is 2. The van der Waals surface area contributed by atoms with Crippen LogP contribution in [0.1, 0.15) is 136 Å². The summed E-state index contributed by atoms with van der Waals surface area (Å²) in [5.74, 6) is -1.87. The van der Waals surface area contributed by atoms with E-state index in [-0.39, 0.29) is 55.5 Å². The van der Waals surface area contributed by atoms with Crippen molar-refractivity contribution in [1.82, 2.24) is 0 Å². The third-order valence-corrected chi connectivity index (χ3v) is 7.98. The van der Waals surface area contributed by atoms with Gasteiger partial charge in [-0.05, 0) is 51.4 Å². The molecule has 0 amide bonds. The van der Waals surface area contributed by atoms with E-state index in [1.54, 1.807) is 21.1 Å². The number of ether oxygens (including phenoxy) is 3. The smallest absolute Gasteiger partial charge is 0.306 e. The Kier molecular flexibility index (Phi) is 29.8. The number of rotatable bonds is 32. The molecule has 8 heteroatoms. The van der Waals surface area contributed by atoms with Crippen molar-refractivity contribution >= 4 is 17.9 Å². The van der Waals surface area contributed by atoms with Crippen LogP contribution in [-0.4, -0.2) is 75.5 Å². The summed E-state index contributed by atoms with van der Waals surface area (Å²) in [5.41, 5.74) is 0. The topological polar surface area (TPSA) is 102 Å². The molecule has 0 saturated carbocycles. The van der Waals surface area contributed by atoms with Crippen molar-refractivity contribution in [3.8, 4) is 0 Å². The fourth-order valence-corrected chi connectivity index (χ4v) is 4.98. The second-order valence-corrected chi connectivity index (χ2v) is 13.5. The van der Waals surface area contributed by atoms with Crippen LogP contribution in [0.2, 0.25) is 0 Å². The molecule has 0 aliphatic carbocycles. The second kappa shape index (κ2) is 31.6. The van der Waals surface area contributed by atoms with Crippen LogP contribution in [0.15, 0.2) is 48.6 Å². The minimum Gasteiger partial charge on any atom is -0.544 e. The van der Waals surface area contributed by atoms with E-state index >= 15 is 0 Å². The summed E-state index contributed by atoms with van der Waals surface area (Å²) in [6, 6.07) is -0.736. The lowest BCUT2D eigenvalue weighted by Crippen LogP contribution is -2.55. The summed E-state index contributed by atoms with van der Waals surface area (Å²) >= 11 is 0. The molecule has 0 heterocycles. The highest BCUT2D eigenvalue weighted by Gasteiger charge is 2.25. The van der Waals surface area contributed by atoms with Crippen LogP contribution in [0.5, 0.6) is 0 Å². The number of allylic oxidation sites excluding steroid dienone is 8. The highest BCUT2D eigenvalue weighted by molar-refractivity contribution is 5.70. The summed E-state index contributed by atoms with van der Waals surface area (Å²) in [5, 5.41) is 11.6. The second-order valence-electron chi connectivity index (χ2n) is 13.5. The van der Waals surface area contributed by atoms with Gasteiger partial charge in [0.05, 0.1) is 40.3 Å². The maximum Gasteiger partial charge on any atom is 0.306 e. The van der Waals surface area contributed by atoms with Gasteiger partial charge in [-0.3, -0.25) is 9.59 Å². The predicted molar refractivity (Wildman–Crippen MR) is 194 cm³/mol. The van der Waals surface area contributed by atoms with Gasteiger partial charge in [0.15, 0.2) is 6.10 Å². The van der Waals surface area contributed by atoms with Crippen LogP contribution in [0.4, 0.5) is 0 Å². The average molecular weight is 676 g/mol. The molecule has 0 saturated heterocycles. The Bertz CT molecular complexity index is 932. The molecule has 48 heavy (non-hydrogen) atoms. The molecule has 276 valence electrons. The predicted octanol–water partition coefficient (Wildman–Crippen LogP) is 7.96. The van der Waals surface area contributed by atoms with E-state index in [1.165, 1.54) is 51.4 Å². The highest BCUT2D eigenvalue weighted by Crippen LogP contribution is 2.11. The van der Waals surface area contributed by atoms with Crippen LogP contribution in [0.25, 0.3) is 0 Å². The van der Waals surface area contributed by atoms with Gasteiger partial charge in [-0.2, -0.15) is 0 Å². The molecule has 8 nitrogen and oxygen atoms in total. The number of aliphatic carboxylic acids is 1. The number of unbranched alkanes of at least 4 members (excludes halogenated alkanes) is 11. The van der Waals surface area contributed by atoms with E-state index in [1.807, 2.05) is 6.08 Å². The molecule has 0 fully saturated rings. The van der Waals surface area contributed by atoms with Crippen molar-refractivity contribution in [2.24, 2.45) is 0 Å². The summed E-state index contributed by atoms with van der Waals surface area (Å²) in [4.78, 5) is 36.5. The molecule has 2 unspecified atom stereocenters. The van der Waals surface area contributed by atoms with E-state index in [4.69, 9.17) is 14.2 Å². The molecule has 0 bridgehead atoms. The standard InChI is InChI=1S/C40H69NO7/c1-6-8-10-12-14-16-18-19-21-22-24-26-28-30-38(42)47-35-36(34-46-33-32-37(40(44)45)41(3,4)5)48-39(43)31-29-27-25-23-20-17-15-13-11-9-7-2/h13,15,17,19-21,24,26,36-37H,6-12,14,16,18,22-23,25,27-35H2,1-5H3/b15-13+,20-17+,21-19+,26-24+. The fraction of sp³-hybridized carbons (Fsp3) is 0.725. The van der Waals surface area contributed by atoms with Crippen LogP contribution in [-0.2, 0) is 28.6 Å². The molecule has 0 aliphatic heterocycles. The zero-order valence-corrected chi connectivity index (χ0v) is 31.1. The Balaban J connectivity index is 4.57. The average Bonchev–Trinajstić information content (AvgIpc) is 3.03. The Labute approximate surface area is 293 Å². The first-order valence-corrected chi connectivity index (χ1v) is 18.7.